The molecular weight excluding hydrogens is 326 g/mol. The summed E-state index contributed by atoms with van der Waals surface area (Å²) in [4.78, 5) is 14.8. The fraction of sp³-hybridized carbons (Fsp3) is 0.471. The van der Waals surface area contributed by atoms with Crippen LogP contribution >= 0.6 is 0 Å². The predicted octanol–water partition coefficient (Wildman–Crippen LogP) is -0.336. The molecule has 1 heterocycles. The second kappa shape index (κ2) is 7.92. The summed E-state index contributed by atoms with van der Waals surface area (Å²) in [5, 5.41) is 1.27. The Morgan fingerprint density at radius 1 is 1.21 bits per heavy atom. The molecule has 0 spiro atoms. The molecule has 1 saturated heterocycles. The number of amides is 1. The Bertz CT molecular complexity index is 678. The van der Waals surface area contributed by atoms with Gasteiger partial charge in [-0.15, -0.1) is 0 Å². The molecule has 0 aliphatic carbocycles. The lowest BCUT2D eigenvalue weighted by molar-refractivity contribution is -0.917. The summed E-state index contributed by atoms with van der Waals surface area (Å²) >= 11 is 0. The number of carbonyl (C=O) groups excluding carboxylic acids is 1. The molecule has 1 aliphatic rings. The van der Waals surface area contributed by atoms with E-state index in [0.717, 1.165) is 10.5 Å². The van der Waals surface area contributed by atoms with Crippen molar-refractivity contribution >= 4 is 22.0 Å². The van der Waals surface area contributed by atoms with Crippen LogP contribution in [0.3, 0.4) is 0 Å². The highest BCUT2D eigenvalue weighted by atomic mass is 32.2. The van der Waals surface area contributed by atoms with Crippen LogP contribution in [0, 0.1) is 0 Å². The summed E-state index contributed by atoms with van der Waals surface area (Å²) in [6, 6.07) is 9.22. The summed E-state index contributed by atoms with van der Waals surface area (Å²) in [7, 11) is 0.0637. The zero-order valence-corrected chi connectivity index (χ0v) is 15.3. The molecular formula is C17H26N3O3S+. The van der Waals surface area contributed by atoms with Crippen molar-refractivity contribution in [1.82, 2.24) is 9.21 Å². The van der Waals surface area contributed by atoms with E-state index >= 15 is 0 Å². The van der Waals surface area contributed by atoms with E-state index in [-0.39, 0.29) is 11.9 Å². The molecule has 1 aliphatic heterocycles. The van der Waals surface area contributed by atoms with Crippen molar-refractivity contribution in [3.8, 4) is 0 Å². The van der Waals surface area contributed by atoms with Gasteiger partial charge in [-0.1, -0.05) is 30.3 Å². The third kappa shape index (κ3) is 4.66. The third-order valence-electron chi connectivity index (χ3n) is 4.38. The van der Waals surface area contributed by atoms with Crippen LogP contribution in [-0.4, -0.2) is 69.8 Å². The van der Waals surface area contributed by atoms with Gasteiger partial charge in [-0.05, 0) is 18.6 Å². The molecule has 7 heteroatoms. The molecule has 132 valence electrons. The average molecular weight is 352 g/mol. The highest BCUT2D eigenvalue weighted by Gasteiger charge is 2.33. The fourth-order valence-electron chi connectivity index (χ4n) is 2.84. The van der Waals surface area contributed by atoms with Gasteiger partial charge in [0.2, 0.25) is 10.0 Å². The van der Waals surface area contributed by atoms with Crippen LogP contribution in [-0.2, 0) is 14.8 Å². The minimum absolute atomic E-state index is 0.0743. The van der Waals surface area contributed by atoms with Crippen molar-refractivity contribution in [1.29, 1.82) is 0 Å². The highest BCUT2D eigenvalue weighted by Crippen LogP contribution is 2.08. The first-order valence-corrected chi connectivity index (χ1v) is 9.60. The number of nitrogens with zero attached hydrogens (tertiary/aromatic N) is 2. The van der Waals surface area contributed by atoms with E-state index in [1.807, 2.05) is 37.3 Å². The fourth-order valence-corrected chi connectivity index (χ4v) is 4.03. The van der Waals surface area contributed by atoms with Gasteiger partial charge in [-0.2, -0.15) is 4.31 Å². The van der Waals surface area contributed by atoms with Crippen LogP contribution in [0.4, 0.5) is 0 Å². The number of likely N-dealkylation sites (N-methyl/N-ethyl adjacent to an activating group) is 1. The lowest BCUT2D eigenvalue weighted by Gasteiger charge is -2.34. The summed E-state index contributed by atoms with van der Waals surface area (Å²) in [5.74, 6) is 0.0743. The van der Waals surface area contributed by atoms with E-state index in [4.69, 9.17) is 0 Å². The Hall–Kier alpha value is -1.70. The van der Waals surface area contributed by atoms with Crippen molar-refractivity contribution in [2.75, 3.05) is 40.3 Å². The number of nitrogens with one attached hydrogen (secondary N) is 1. The molecule has 2 rings (SSSR count). The second-order valence-electron chi connectivity index (χ2n) is 6.27. The number of carbonyl (C=O) groups is 1. The molecule has 1 aromatic carbocycles. The molecule has 1 aromatic rings. The number of piperazine rings is 1. The van der Waals surface area contributed by atoms with Crippen molar-refractivity contribution in [3.05, 3.63) is 41.3 Å². The minimum atomic E-state index is -3.42. The van der Waals surface area contributed by atoms with E-state index in [9.17, 15) is 13.2 Å². The number of quaternary nitrogens is 1. The van der Waals surface area contributed by atoms with Gasteiger partial charge in [-0.25, -0.2) is 8.42 Å². The number of hydrogen-bond donors (Lipinski definition) is 1. The van der Waals surface area contributed by atoms with Gasteiger partial charge in [0.25, 0.3) is 5.91 Å². The summed E-state index contributed by atoms with van der Waals surface area (Å²) in [5.41, 5.74) is 0.857. The van der Waals surface area contributed by atoms with E-state index in [0.29, 0.717) is 26.2 Å². The Morgan fingerprint density at radius 3 is 2.33 bits per heavy atom. The monoisotopic (exact) mass is 352 g/mol. The molecule has 0 radical (unpaired) electrons. The van der Waals surface area contributed by atoms with Crippen LogP contribution in [0.5, 0.6) is 0 Å². The standard InChI is InChI=1S/C17H25N3O3S/c1-15(17(21)18(2)3)19-10-12-20(13-11-19)24(22,23)14-9-16-7-5-4-6-8-16/h4-9,14-15H,10-13H2,1-3H3/p+1/b14-9+/t15-/m0/s1. The molecule has 1 atom stereocenters. The molecule has 0 bridgehead atoms. The van der Waals surface area contributed by atoms with Gasteiger partial charge >= 0.3 is 0 Å². The van der Waals surface area contributed by atoms with Gasteiger partial charge in [0.1, 0.15) is 0 Å². The Balaban J connectivity index is 1.96. The second-order valence-corrected chi connectivity index (χ2v) is 8.09. The maximum atomic E-state index is 12.4. The summed E-state index contributed by atoms with van der Waals surface area (Å²) < 4.78 is 26.4. The van der Waals surface area contributed by atoms with Crippen LogP contribution in [0.15, 0.2) is 35.7 Å². The molecule has 1 fully saturated rings. The van der Waals surface area contributed by atoms with E-state index in [1.54, 1.807) is 25.1 Å². The molecule has 24 heavy (non-hydrogen) atoms. The molecule has 6 nitrogen and oxygen atoms in total. The number of hydrogen-bond acceptors (Lipinski definition) is 3. The topological polar surface area (TPSA) is 62.1 Å². The molecule has 1 N–H and O–H groups in total. The lowest BCUT2D eigenvalue weighted by atomic mass is 10.2. The number of rotatable bonds is 5. The predicted molar refractivity (Wildman–Crippen MR) is 94.8 cm³/mol. The van der Waals surface area contributed by atoms with Crippen LogP contribution in [0.1, 0.15) is 12.5 Å². The lowest BCUT2D eigenvalue weighted by Crippen LogP contribution is -3.19. The zero-order valence-electron chi connectivity index (χ0n) is 14.5. The average Bonchev–Trinajstić information content (AvgIpc) is 2.59. The number of sulfonamides is 1. The van der Waals surface area contributed by atoms with Crippen LogP contribution < -0.4 is 4.90 Å². The van der Waals surface area contributed by atoms with E-state index in [2.05, 4.69) is 0 Å². The highest BCUT2D eigenvalue weighted by molar-refractivity contribution is 7.92. The minimum Gasteiger partial charge on any atom is -0.344 e. The smallest absolute Gasteiger partial charge is 0.280 e. The van der Waals surface area contributed by atoms with E-state index in [1.165, 1.54) is 9.71 Å². The normalized spacial score (nSPS) is 18.6. The Kier molecular flexibility index (Phi) is 6.15. The first kappa shape index (κ1) is 18.6. The Morgan fingerprint density at radius 2 is 1.79 bits per heavy atom. The maximum Gasteiger partial charge on any atom is 0.280 e. The largest absolute Gasteiger partial charge is 0.344 e. The van der Waals surface area contributed by atoms with Crippen LogP contribution in [0.25, 0.3) is 6.08 Å². The van der Waals surface area contributed by atoms with Gasteiger partial charge in [0.15, 0.2) is 6.04 Å². The molecule has 0 unspecified atom stereocenters. The van der Waals surface area contributed by atoms with E-state index < -0.39 is 10.0 Å². The molecule has 0 saturated carbocycles. The zero-order chi connectivity index (χ0) is 17.7. The van der Waals surface area contributed by atoms with Gasteiger partial charge in [0.05, 0.1) is 26.2 Å². The first-order valence-electron chi connectivity index (χ1n) is 8.10. The molecule has 0 aromatic heterocycles. The van der Waals surface area contributed by atoms with Crippen molar-refractivity contribution in [2.24, 2.45) is 0 Å². The van der Waals surface area contributed by atoms with Crippen molar-refractivity contribution in [3.63, 3.8) is 0 Å². The third-order valence-corrected chi connectivity index (χ3v) is 5.95. The van der Waals surface area contributed by atoms with Gasteiger partial charge in [-0.3, -0.25) is 4.79 Å². The Labute approximate surface area is 144 Å². The van der Waals surface area contributed by atoms with Crippen LogP contribution in [0.2, 0.25) is 0 Å². The summed E-state index contributed by atoms with van der Waals surface area (Å²) in [6.45, 7) is 4.04. The first-order chi connectivity index (χ1) is 11.3. The SMILES string of the molecule is C[C@@H](C(=O)N(C)C)[NH+]1CCN(S(=O)(=O)/C=C/c2ccccc2)CC1. The maximum absolute atomic E-state index is 12.4. The molecule has 1 amide bonds. The quantitative estimate of drug-likeness (QED) is 0.789. The van der Waals surface area contributed by atoms with Gasteiger partial charge in [0, 0.05) is 19.5 Å². The van der Waals surface area contributed by atoms with Crippen molar-refractivity contribution in [2.45, 2.75) is 13.0 Å². The number of benzene rings is 1. The van der Waals surface area contributed by atoms with Gasteiger partial charge < -0.3 is 9.80 Å². The summed E-state index contributed by atoms with van der Waals surface area (Å²) in [6.07, 6.45) is 1.62. The van der Waals surface area contributed by atoms with Crippen molar-refractivity contribution < 1.29 is 18.1 Å².